The van der Waals surface area contributed by atoms with Crippen LogP contribution in [0.15, 0.2) is 67.3 Å². The highest BCUT2D eigenvalue weighted by molar-refractivity contribution is 6.32. The fourth-order valence-corrected chi connectivity index (χ4v) is 5.20. The number of hydrogen-bond donors (Lipinski definition) is 3. The Kier molecular flexibility index (Phi) is 7.14. The Bertz CT molecular complexity index is 1540. The molecule has 200 valence electrons. The van der Waals surface area contributed by atoms with Gasteiger partial charge in [0.15, 0.2) is 11.4 Å². The van der Waals surface area contributed by atoms with Gasteiger partial charge in [-0.1, -0.05) is 23.7 Å². The Hall–Kier alpha value is -3.99. The van der Waals surface area contributed by atoms with Crippen molar-refractivity contribution >= 4 is 34.4 Å². The number of fused-ring (bicyclic) bond motifs is 2. The van der Waals surface area contributed by atoms with Gasteiger partial charge in [-0.05, 0) is 68.4 Å². The smallest absolute Gasteiger partial charge is 0.224 e. The zero-order chi connectivity index (χ0) is 26.8. The minimum absolute atomic E-state index is 0.108. The van der Waals surface area contributed by atoms with Gasteiger partial charge in [0, 0.05) is 35.5 Å². The average Bonchev–Trinajstić information content (AvgIpc) is 3.57. The summed E-state index contributed by atoms with van der Waals surface area (Å²) in [7, 11) is 2.10. The molecule has 39 heavy (non-hydrogen) atoms. The Morgan fingerprint density at radius 1 is 1.23 bits per heavy atom. The number of rotatable bonds is 8. The Morgan fingerprint density at radius 3 is 3.00 bits per heavy atom. The first kappa shape index (κ1) is 25.3. The third-order valence-electron chi connectivity index (χ3n) is 7.09. The summed E-state index contributed by atoms with van der Waals surface area (Å²) in [5.74, 6) is 0.964. The minimum atomic E-state index is -0.168. The zero-order valence-electron chi connectivity index (χ0n) is 21.5. The molecule has 10 nitrogen and oxygen atoms in total. The molecule has 1 unspecified atom stereocenters. The number of carbonyl (C=O) groups is 1. The van der Waals surface area contributed by atoms with Crippen LogP contribution in [0.4, 0.5) is 11.4 Å². The maximum atomic E-state index is 12.7. The van der Waals surface area contributed by atoms with Crippen LogP contribution in [0.5, 0.6) is 11.6 Å². The lowest BCUT2D eigenvalue weighted by Crippen LogP contribution is -2.37. The van der Waals surface area contributed by atoms with Crippen LogP contribution in [0.25, 0.3) is 5.65 Å². The number of carbonyl (C=O) groups excluding carboxylic acids is 1. The molecule has 4 heterocycles. The van der Waals surface area contributed by atoms with Crippen LogP contribution in [0.1, 0.15) is 30.1 Å². The number of allylic oxidation sites excluding steroid dienone is 1. The number of benzene rings is 2. The van der Waals surface area contributed by atoms with Crippen molar-refractivity contribution in [2.45, 2.75) is 31.5 Å². The molecule has 0 spiro atoms. The number of nitrogens with zero attached hydrogens (tertiary/aromatic N) is 5. The Morgan fingerprint density at radius 2 is 2.15 bits per heavy atom. The standard InChI is InChI=1S/C28H29ClN8O2/c1-36-10-2-3-20(36)6-7-21(38)11-18-4-8-24-22(12-18)28(31-15-30-24)34-19-5-9-25(23(29)13-19)39-27-14-26-35-33-17-37(26)16-32-27/h4-9,12-14,16-17,20,28,30-31,34H,2-3,10-11,15H2,1H3/b7-6+/t20-,28?/m1/s1. The SMILES string of the molecule is CN1CCC[C@@H]1/C=C/C(=O)Cc1ccc2c(c1)C(Nc1ccc(Oc3cc4nncn4cn3)c(Cl)c1)NCN2. The predicted molar refractivity (Wildman–Crippen MR) is 150 cm³/mol. The first-order valence-electron chi connectivity index (χ1n) is 12.9. The second kappa shape index (κ2) is 11.0. The van der Waals surface area contributed by atoms with Crippen molar-refractivity contribution in [1.29, 1.82) is 0 Å². The summed E-state index contributed by atoms with van der Waals surface area (Å²) in [5, 5.41) is 18.6. The highest BCUT2D eigenvalue weighted by atomic mass is 35.5. The molecule has 2 aliphatic rings. The number of likely N-dealkylation sites (N-methyl/N-ethyl adjacent to an activating group) is 1. The molecular formula is C28H29ClN8O2. The summed E-state index contributed by atoms with van der Waals surface area (Å²) in [5.41, 5.74) is 4.48. The van der Waals surface area contributed by atoms with Crippen LogP contribution in [-0.2, 0) is 11.2 Å². The van der Waals surface area contributed by atoms with Crippen molar-refractivity contribution in [2.75, 3.05) is 30.9 Å². The van der Waals surface area contributed by atoms with Crippen molar-refractivity contribution in [3.05, 3.63) is 83.4 Å². The number of halogens is 1. The van der Waals surface area contributed by atoms with E-state index in [0.717, 1.165) is 35.5 Å². The molecule has 0 saturated carbocycles. The summed E-state index contributed by atoms with van der Waals surface area (Å²) in [6.45, 7) is 1.69. The second-order valence-corrected chi connectivity index (χ2v) is 10.2. The fourth-order valence-electron chi connectivity index (χ4n) is 4.99. The van der Waals surface area contributed by atoms with Crippen molar-refractivity contribution in [2.24, 2.45) is 0 Å². The highest BCUT2D eigenvalue weighted by Gasteiger charge is 2.21. The van der Waals surface area contributed by atoms with Crippen LogP contribution < -0.4 is 20.7 Å². The number of aromatic nitrogens is 4. The van der Waals surface area contributed by atoms with Gasteiger partial charge >= 0.3 is 0 Å². The van der Waals surface area contributed by atoms with Crippen LogP contribution >= 0.6 is 11.6 Å². The van der Waals surface area contributed by atoms with Crippen molar-refractivity contribution < 1.29 is 9.53 Å². The number of ketones is 1. The molecule has 3 N–H and O–H groups in total. The average molecular weight is 545 g/mol. The van der Waals surface area contributed by atoms with E-state index in [2.05, 4.69) is 49.1 Å². The molecule has 0 bridgehead atoms. The summed E-state index contributed by atoms with van der Waals surface area (Å²) < 4.78 is 7.57. The number of anilines is 2. The van der Waals surface area contributed by atoms with Crippen LogP contribution in [0.2, 0.25) is 5.02 Å². The predicted octanol–water partition coefficient (Wildman–Crippen LogP) is 4.42. The van der Waals surface area contributed by atoms with Gasteiger partial charge in [-0.15, -0.1) is 10.2 Å². The molecule has 2 atom stereocenters. The van der Waals surface area contributed by atoms with Gasteiger partial charge in [-0.3, -0.25) is 19.4 Å². The molecule has 11 heteroatoms. The molecule has 2 aromatic heterocycles. The van der Waals surface area contributed by atoms with Crippen LogP contribution in [0, 0.1) is 0 Å². The van der Waals surface area contributed by atoms with E-state index in [1.165, 1.54) is 6.42 Å². The van der Waals surface area contributed by atoms with E-state index in [4.69, 9.17) is 16.3 Å². The Balaban J connectivity index is 1.13. The third kappa shape index (κ3) is 5.73. The van der Waals surface area contributed by atoms with Gasteiger partial charge in [0.25, 0.3) is 0 Å². The van der Waals surface area contributed by atoms with E-state index < -0.39 is 0 Å². The number of likely N-dealkylation sites (tertiary alicyclic amines) is 1. The van der Waals surface area contributed by atoms with Gasteiger partial charge < -0.3 is 15.4 Å². The van der Waals surface area contributed by atoms with Gasteiger partial charge in [0.05, 0.1) is 11.7 Å². The molecule has 0 aliphatic carbocycles. The molecule has 4 aromatic rings. The minimum Gasteiger partial charge on any atom is -0.437 e. The summed E-state index contributed by atoms with van der Waals surface area (Å²) >= 11 is 6.56. The molecule has 6 rings (SSSR count). The molecule has 2 aromatic carbocycles. The Labute approximate surface area is 231 Å². The topological polar surface area (TPSA) is 109 Å². The van der Waals surface area contributed by atoms with Gasteiger partial charge in [-0.2, -0.15) is 0 Å². The maximum Gasteiger partial charge on any atom is 0.224 e. The quantitative estimate of drug-likeness (QED) is 0.278. The second-order valence-electron chi connectivity index (χ2n) is 9.82. The monoisotopic (exact) mass is 544 g/mol. The van der Waals surface area contributed by atoms with Crippen molar-refractivity contribution in [3.8, 4) is 11.6 Å². The lowest BCUT2D eigenvalue weighted by atomic mass is 10.0. The molecule has 0 radical (unpaired) electrons. The largest absolute Gasteiger partial charge is 0.437 e. The first-order chi connectivity index (χ1) is 19.0. The van der Waals surface area contributed by atoms with Crippen LogP contribution in [-0.4, -0.2) is 56.6 Å². The van der Waals surface area contributed by atoms with Gasteiger partial charge in [0.1, 0.15) is 24.6 Å². The summed E-state index contributed by atoms with van der Waals surface area (Å²) in [4.78, 5) is 19.2. The lowest BCUT2D eigenvalue weighted by molar-refractivity contribution is -0.114. The normalized spacial score (nSPS) is 19.2. The molecule has 2 aliphatic heterocycles. The summed E-state index contributed by atoms with van der Waals surface area (Å²) in [6, 6.07) is 13.7. The molecule has 0 amide bonds. The zero-order valence-corrected chi connectivity index (χ0v) is 22.2. The van der Waals surface area contributed by atoms with E-state index in [0.29, 0.717) is 41.4 Å². The molecule has 1 fully saturated rings. The maximum absolute atomic E-state index is 12.7. The van der Waals surface area contributed by atoms with Gasteiger partial charge in [-0.25, -0.2) is 4.98 Å². The number of hydrogen-bond acceptors (Lipinski definition) is 9. The highest BCUT2D eigenvalue weighted by Crippen LogP contribution is 2.34. The number of nitrogens with one attached hydrogen (secondary N) is 3. The van der Waals surface area contributed by atoms with E-state index >= 15 is 0 Å². The van der Waals surface area contributed by atoms with Crippen molar-refractivity contribution in [1.82, 2.24) is 29.8 Å². The molecular weight excluding hydrogens is 516 g/mol. The fraction of sp³-hybridized carbons (Fsp3) is 0.286. The summed E-state index contributed by atoms with van der Waals surface area (Å²) in [6.07, 6.45) is 9.42. The third-order valence-corrected chi connectivity index (χ3v) is 7.39. The van der Waals surface area contributed by atoms with Crippen LogP contribution in [0.3, 0.4) is 0 Å². The first-order valence-corrected chi connectivity index (χ1v) is 13.3. The van der Waals surface area contributed by atoms with Crippen molar-refractivity contribution in [3.63, 3.8) is 0 Å². The van der Waals surface area contributed by atoms with E-state index in [1.54, 1.807) is 35.3 Å². The lowest BCUT2D eigenvalue weighted by Gasteiger charge is -2.30. The van der Waals surface area contributed by atoms with E-state index in [9.17, 15) is 4.79 Å². The number of ether oxygens (including phenoxy) is 1. The van der Waals surface area contributed by atoms with E-state index in [-0.39, 0.29) is 11.9 Å². The molecule has 1 saturated heterocycles. The van der Waals surface area contributed by atoms with E-state index in [1.807, 2.05) is 30.3 Å². The van der Waals surface area contributed by atoms with Gasteiger partial charge in [0.2, 0.25) is 5.88 Å².